The third-order valence-electron chi connectivity index (χ3n) is 3.85. The topological polar surface area (TPSA) is 0 Å². The number of hydrogen-bond acceptors (Lipinski definition) is 0. The zero-order valence-electron chi connectivity index (χ0n) is 17.7. The van der Waals surface area contributed by atoms with Gasteiger partial charge in [0, 0.05) is 0 Å². The number of hydrogen-bond donors (Lipinski definition) is 0. The fourth-order valence-electron chi connectivity index (χ4n) is 3.01. The average Bonchev–Trinajstić information content (AvgIpc) is 2.45. The molecule has 0 heterocycles. The van der Waals surface area contributed by atoms with Gasteiger partial charge in [-0.2, -0.15) is 0 Å². The minimum Gasteiger partial charge on any atom is -1.00 e. The van der Waals surface area contributed by atoms with Gasteiger partial charge in [-0.05, 0) is 56.7 Å². The van der Waals surface area contributed by atoms with Crippen LogP contribution in [0, 0.1) is 20.8 Å². The Labute approximate surface area is 160 Å². The first kappa shape index (κ1) is 35.4. The maximum absolute atomic E-state index is 2.25. The van der Waals surface area contributed by atoms with Crippen LogP contribution in [0.2, 0.25) is 0 Å². The smallest absolute Gasteiger partial charge is 1.00 e. The Kier molecular flexibility index (Phi) is 24.5. The van der Waals surface area contributed by atoms with E-state index in [0.717, 1.165) is 12.8 Å². The van der Waals surface area contributed by atoms with Crippen molar-refractivity contribution in [1.29, 1.82) is 0 Å². The summed E-state index contributed by atoms with van der Waals surface area (Å²) in [5.41, 5.74) is 8.68. The normalized spacial score (nSPS) is 8.08. The molecule has 146 valence electrons. The predicted octanol–water partition coefficient (Wildman–Crippen LogP) is -6.27. The summed E-state index contributed by atoms with van der Waals surface area (Å²) >= 11 is 0. The van der Waals surface area contributed by atoms with Crippen LogP contribution in [0.3, 0.4) is 0 Å². The molecule has 2 aromatic rings. The van der Waals surface area contributed by atoms with Gasteiger partial charge in [-0.15, -0.1) is 0 Å². The van der Waals surface area contributed by atoms with Gasteiger partial charge in [-0.25, -0.2) is 0 Å². The van der Waals surface area contributed by atoms with E-state index in [1.165, 1.54) is 34.2 Å². The first-order valence-corrected chi connectivity index (χ1v) is 8.16. The quantitative estimate of drug-likeness (QED) is 0.373. The van der Waals surface area contributed by atoms with Gasteiger partial charge in [0.2, 0.25) is 0 Å². The predicted molar refractivity (Wildman–Crippen MR) is 102 cm³/mol. The second-order valence-corrected chi connectivity index (χ2v) is 5.78. The van der Waals surface area contributed by atoms with Gasteiger partial charge in [0.05, 0.1) is 0 Å². The van der Waals surface area contributed by atoms with Crippen LogP contribution >= 0.6 is 0 Å². The van der Waals surface area contributed by atoms with Crippen LogP contribution < -0.4 is 18.8 Å². The maximum atomic E-state index is 2.25. The van der Waals surface area contributed by atoms with E-state index in [4.69, 9.17) is 0 Å². The molecule has 0 unspecified atom stereocenters. The fraction of sp³-hybridized carbons (Fsp3) is 0.429. The Hall–Kier alpha value is -1.78. The first-order chi connectivity index (χ1) is 10.0. The van der Waals surface area contributed by atoms with Crippen molar-refractivity contribution in [1.82, 2.24) is 0 Å². The summed E-state index contributed by atoms with van der Waals surface area (Å²) < 4.78 is 0. The van der Waals surface area contributed by atoms with E-state index in [1.54, 1.807) is 5.56 Å². The van der Waals surface area contributed by atoms with Crippen LogP contribution in [0.25, 0.3) is 0 Å². The first-order valence-electron chi connectivity index (χ1n) is 8.16. The van der Waals surface area contributed by atoms with Crippen molar-refractivity contribution in [3.8, 4) is 0 Å². The molecular weight excluding hydrogens is 339 g/mol. The molecule has 0 atom stereocenters. The van der Waals surface area contributed by atoms with E-state index in [1.807, 2.05) is 0 Å². The summed E-state index contributed by atoms with van der Waals surface area (Å²) in [6.45, 7) is 13.1. The minimum atomic E-state index is 0. The van der Waals surface area contributed by atoms with Crippen LogP contribution in [0.15, 0.2) is 36.4 Å². The van der Waals surface area contributed by atoms with E-state index in [0.29, 0.717) is 0 Å². The zero-order valence-corrected chi connectivity index (χ0v) is 16.7. The van der Waals surface area contributed by atoms with Crippen LogP contribution in [0.4, 0.5) is 0 Å². The molecule has 26 heavy (non-hydrogen) atoms. The van der Waals surface area contributed by atoms with Crippen LogP contribution in [0.1, 0.15) is 55.6 Å². The molecule has 0 bridgehead atoms. The molecule has 0 fully saturated rings. The Morgan fingerprint density at radius 1 is 0.615 bits per heavy atom. The Morgan fingerprint density at radius 2 is 0.923 bits per heavy atom. The molecule has 0 amide bonds. The summed E-state index contributed by atoms with van der Waals surface area (Å²) in [6, 6.07) is 13.2. The summed E-state index contributed by atoms with van der Waals surface area (Å²) in [6.07, 6.45) is 3.50. The van der Waals surface area contributed by atoms with E-state index in [-0.39, 0.29) is 28.7 Å². The van der Waals surface area contributed by atoms with Crippen molar-refractivity contribution in [2.24, 2.45) is 0 Å². The van der Waals surface area contributed by atoms with Crippen molar-refractivity contribution >= 4 is 8.41 Å². The molecule has 0 radical (unpaired) electrons. The third kappa shape index (κ3) is 11.0. The fourth-order valence-corrected chi connectivity index (χ4v) is 3.01. The molecular formula is C21H31BF4. The molecule has 0 aromatic heterocycles. The molecule has 0 nitrogen and oxygen atoms in total. The Bertz CT molecular complexity index is 520. The molecule has 0 N–H and O–H groups in total. The van der Waals surface area contributed by atoms with Gasteiger partial charge in [0.25, 0.3) is 0 Å². The van der Waals surface area contributed by atoms with Crippen LogP contribution in [-0.2, 0) is 19.3 Å². The van der Waals surface area contributed by atoms with Gasteiger partial charge in [-0.3, -0.25) is 0 Å². The molecule has 0 spiro atoms. The number of halogens is 4. The monoisotopic (exact) mass is 370 g/mol. The minimum absolute atomic E-state index is 0. The number of aryl methyl sites for hydroxylation is 5. The Balaban J connectivity index is -0.0000000682. The molecule has 2 rings (SSSR count). The number of benzene rings is 2. The van der Waals surface area contributed by atoms with Crippen molar-refractivity contribution in [3.63, 3.8) is 0 Å². The van der Waals surface area contributed by atoms with Crippen molar-refractivity contribution in [3.05, 3.63) is 69.8 Å². The van der Waals surface area contributed by atoms with E-state index in [2.05, 4.69) is 77.9 Å². The largest absolute Gasteiger partial charge is 3.00 e. The van der Waals surface area contributed by atoms with Gasteiger partial charge >= 0.3 is 9.84 Å². The number of rotatable bonds is 3. The molecule has 0 aliphatic heterocycles. The second-order valence-electron chi connectivity index (χ2n) is 5.78. The van der Waals surface area contributed by atoms with Gasteiger partial charge in [-0.1, -0.05) is 73.9 Å². The van der Waals surface area contributed by atoms with Gasteiger partial charge in [0.15, 0.2) is 0 Å². The zero-order chi connectivity index (χ0) is 15.8. The molecule has 2 aromatic carbocycles. The molecule has 0 saturated heterocycles. The van der Waals surface area contributed by atoms with Crippen molar-refractivity contribution in [2.75, 3.05) is 0 Å². The maximum Gasteiger partial charge on any atom is 3.00 e. The average molecular weight is 370 g/mol. The van der Waals surface area contributed by atoms with Crippen LogP contribution in [-0.4, -0.2) is 8.41 Å². The summed E-state index contributed by atoms with van der Waals surface area (Å²) in [7, 11) is 0. The summed E-state index contributed by atoms with van der Waals surface area (Å²) in [4.78, 5) is 0. The van der Waals surface area contributed by atoms with Gasteiger partial charge < -0.3 is 18.8 Å². The van der Waals surface area contributed by atoms with Crippen LogP contribution in [0.5, 0.6) is 0 Å². The van der Waals surface area contributed by atoms with Crippen molar-refractivity contribution in [2.45, 2.75) is 60.8 Å². The summed E-state index contributed by atoms with van der Waals surface area (Å²) in [5, 5.41) is 0. The molecule has 5 heteroatoms. The molecule has 0 saturated carbocycles. The van der Waals surface area contributed by atoms with E-state index < -0.39 is 0 Å². The van der Waals surface area contributed by atoms with Crippen molar-refractivity contribution < 1.29 is 20.2 Å². The molecule has 0 aliphatic rings. The standard InChI is InChI=1S/C12H18.C9H12.B.4FH/c1-4-10-8-7-9-11(5-2)12(10)6-3;1-7-4-8(2)6-9(3)5-7;;;;;/h7-9H,4-6H2,1-3H3;4-6H,1-3H3;;4*1H/q;;+3;;;;/p-3. The third-order valence-corrected chi connectivity index (χ3v) is 3.85. The Morgan fingerprint density at radius 3 is 1.15 bits per heavy atom. The second kappa shape index (κ2) is 18.0. The van der Waals surface area contributed by atoms with E-state index in [9.17, 15) is 0 Å². The SMILES string of the molecule is CCc1cccc(CC)c1CC.Cc1cc(C)cc(C)c1.[B+3].[F-].[F-].[F-].[F-].[H+]. The summed E-state index contributed by atoms with van der Waals surface area (Å²) in [5.74, 6) is 0. The van der Waals surface area contributed by atoms with Gasteiger partial charge in [0.1, 0.15) is 0 Å². The van der Waals surface area contributed by atoms with E-state index >= 15 is 0 Å². The molecule has 0 aliphatic carbocycles.